The predicted molar refractivity (Wildman–Crippen MR) is 126 cm³/mol. The molecule has 0 radical (unpaired) electrons. The summed E-state index contributed by atoms with van der Waals surface area (Å²) >= 11 is 0. The summed E-state index contributed by atoms with van der Waals surface area (Å²) in [7, 11) is 0. The smallest absolute Gasteiger partial charge is 0.193 e. The van der Waals surface area contributed by atoms with Crippen molar-refractivity contribution in [2.75, 3.05) is 46.0 Å². The van der Waals surface area contributed by atoms with Crippen molar-refractivity contribution in [3.05, 3.63) is 35.9 Å². The first-order valence-electron chi connectivity index (χ1n) is 10.4. The van der Waals surface area contributed by atoms with Crippen molar-refractivity contribution in [3.63, 3.8) is 0 Å². The average molecular weight is 501 g/mol. The third-order valence-corrected chi connectivity index (χ3v) is 6.22. The van der Waals surface area contributed by atoms with Crippen LogP contribution in [0.15, 0.2) is 35.3 Å². The molecule has 2 N–H and O–H groups in total. The van der Waals surface area contributed by atoms with Gasteiger partial charge in [0.25, 0.3) is 0 Å². The summed E-state index contributed by atoms with van der Waals surface area (Å²) in [4.78, 5) is 7.35. The molecule has 2 aliphatic rings. The van der Waals surface area contributed by atoms with Gasteiger partial charge < -0.3 is 20.1 Å². The number of hydrogen-bond donors (Lipinski definition) is 2. The summed E-state index contributed by atoms with van der Waals surface area (Å²) < 4.78 is 5.48. The number of aliphatic imine (C=N–C) groups is 1. The van der Waals surface area contributed by atoms with Crippen molar-refractivity contribution in [1.82, 2.24) is 10.2 Å². The second-order valence-electron chi connectivity index (χ2n) is 8.17. The highest BCUT2D eigenvalue weighted by Crippen LogP contribution is 2.33. The van der Waals surface area contributed by atoms with Crippen LogP contribution < -0.4 is 5.32 Å². The molecule has 2 atom stereocenters. The molecule has 6 heteroatoms. The largest absolute Gasteiger partial charge is 0.396 e. The number of ether oxygens (including phenoxy) is 1. The summed E-state index contributed by atoms with van der Waals surface area (Å²) in [5, 5.41) is 13.4. The van der Waals surface area contributed by atoms with Crippen LogP contribution in [0.25, 0.3) is 0 Å². The molecule has 0 amide bonds. The molecule has 0 aliphatic carbocycles. The molecule has 0 spiro atoms. The van der Waals surface area contributed by atoms with Crippen molar-refractivity contribution in [2.45, 2.75) is 39.0 Å². The topological polar surface area (TPSA) is 57.1 Å². The van der Waals surface area contributed by atoms with Crippen LogP contribution in [0, 0.1) is 11.3 Å². The van der Waals surface area contributed by atoms with Crippen LogP contribution in [0.4, 0.5) is 0 Å². The number of aliphatic hydroxyl groups is 1. The maximum atomic E-state index is 9.94. The Morgan fingerprint density at radius 3 is 2.61 bits per heavy atom. The van der Waals surface area contributed by atoms with Gasteiger partial charge in [-0.1, -0.05) is 37.3 Å². The van der Waals surface area contributed by atoms with E-state index in [0.717, 1.165) is 58.1 Å². The lowest BCUT2D eigenvalue weighted by atomic mass is 9.81. The average Bonchev–Trinajstić information content (AvgIpc) is 2.72. The first-order chi connectivity index (χ1) is 13.2. The Morgan fingerprint density at radius 2 is 2.00 bits per heavy atom. The molecular weight excluding hydrogens is 465 g/mol. The van der Waals surface area contributed by atoms with Crippen LogP contribution in [-0.4, -0.2) is 62.0 Å². The van der Waals surface area contributed by atoms with E-state index in [4.69, 9.17) is 9.73 Å². The molecule has 1 aromatic carbocycles. The normalized spacial score (nSPS) is 25.1. The summed E-state index contributed by atoms with van der Waals surface area (Å²) in [6.07, 6.45) is 2.92. The van der Waals surface area contributed by atoms with Gasteiger partial charge in [-0.05, 0) is 43.6 Å². The standard InChI is InChI=1S/C22H35N3O2.HI/c1-3-23-21(24-16-22(17-26)10-13-27-14-11-22)25-12-9-20(18(2)15-25)19-7-5-4-6-8-19;/h4-8,18,20,26H,3,9-17H2,1-2H3,(H,23,24);1H. The van der Waals surface area contributed by atoms with E-state index in [9.17, 15) is 5.11 Å². The number of likely N-dealkylation sites (tertiary alicyclic amines) is 1. The fourth-order valence-corrected chi connectivity index (χ4v) is 4.37. The highest BCUT2D eigenvalue weighted by atomic mass is 127. The Bertz CT molecular complexity index is 605. The van der Waals surface area contributed by atoms with E-state index in [1.54, 1.807) is 0 Å². The molecule has 158 valence electrons. The van der Waals surface area contributed by atoms with E-state index < -0.39 is 0 Å². The number of halogens is 1. The van der Waals surface area contributed by atoms with Crippen LogP contribution >= 0.6 is 24.0 Å². The Kier molecular flexibility index (Phi) is 9.50. The number of aliphatic hydroxyl groups excluding tert-OH is 1. The number of guanidine groups is 1. The van der Waals surface area contributed by atoms with Crippen LogP contribution in [0.1, 0.15) is 44.6 Å². The lowest BCUT2D eigenvalue weighted by Crippen LogP contribution is -2.48. The quantitative estimate of drug-likeness (QED) is 0.369. The molecule has 2 aliphatic heterocycles. The van der Waals surface area contributed by atoms with E-state index in [1.807, 2.05) is 0 Å². The molecule has 0 saturated carbocycles. The van der Waals surface area contributed by atoms with Crippen LogP contribution in [0.5, 0.6) is 0 Å². The second kappa shape index (κ2) is 11.4. The monoisotopic (exact) mass is 501 g/mol. The molecule has 5 nitrogen and oxygen atoms in total. The van der Waals surface area contributed by atoms with E-state index in [0.29, 0.717) is 18.4 Å². The van der Waals surface area contributed by atoms with Gasteiger partial charge in [-0.2, -0.15) is 0 Å². The minimum Gasteiger partial charge on any atom is -0.396 e. The molecular formula is C22H36IN3O2. The maximum Gasteiger partial charge on any atom is 0.193 e. The molecule has 0 aromatic heterocycles. The number of hydrogen-bond acceptors (Lipinski definition) is 3. The Balaban J connectivity index is 0.00000280. The molecule has 2 saturated heterocycles. The van der Waals surface area contributed by atoms with Gasteiger partial charge in [0.1, 0.15) is 0 Å². The van der Waals surface area contributed by atoms with Crippen molar-refractivity contribution in [1.29, 1.82) is 0 Å². The third kappa shape index (κ3) is 5.83. The van der Waals surface area contributed by atoms with Crippen molar-refractivity contribution >= 4 is 29.9 Å². The number of rotatable bonds is 5. The van der Waals surface area contributed by atoms with Gasteiger partial charge in [0.15, 0.2) is 5.96 Å². The molecule has 2 unspecified atom stereocenters. The highest BCUT2D eigenvalue weighted by molar-refractivity contribution is 14.0. The Labute approximate surface area is 187 Å². The van der Waals surface area contributed by atoms with Gasteiger partial charge in [-0.15, -0.1) is 24.0 Å². The van der Waals surface area contributed by atoms with E-state index in [1.165, 1.54) is 5.56 Å². The maximum absolute atomic E-state index is 9.94. The summed E-state index contributed by atoms with van der Waals surface area (Å²) in [5.74, 6) is 2.19. The van der Waals surface area contributed by atoms with Crippen molar-refractivity contribution in [3.8, 4) is 0 Å². The van der Waals surface area contributed by atoms with E-state index >= 15 is 0 Å². The summed E-state index contributed by atoms with van der Waals surface area (Å²) in [5.41, 5.74) is 1.33. The minimum atomic E-state index is -0.118. The highest BCUT2D eigenvalue weighted by Gasteiger charge is 2.33. The van der Waals surface area contributed by atoms with Gasteiger partial charge in [0, 0.05) is 38.3 Å². The number of nitrogens with one attached hydrogen (secondary N) is 1. The van der Waals surface area contributed by atoms with Crippen molar-refractivity contribution in [2.24, 2.45) is 16.3 Å². The number of nitrogens with zero attached hydrogens (tertiary/aromatic N) is 2. The SMILES string of the molecule is CCNC(=NCC1(CO)CCOCC1)N1CCC(c2ccccc2)C(C)C1.I. The first kappa shape index (κ1) is 23.4. The summed E-state index contributed by atoms with van der Waals surface area (Å²) in [6, 6.07) is 10.9. The van der Waals surface area contributed by atoms with Gasteiger partial charge in [-0.25, -0.2) is 0 Å². The van der Waals surface area contributed by atoms with Crippen LogP contribution in [0.2, 0.25) is 0 Å². The second-order valence-corrected chi connectivity index (χ2v) is 8.17. The Hall–Kier alpha value is -0.860. The molecule has 1 aromatic rings. The number of benzene rings is 1. The number of piperidine rings is 1. The first-order valence-corrected chi connectivity index (χ1v) is 10.4. The van der Waals surface area contributed by atoms with Gasteiger partial charge >= 0.3 is 0 Å². The van der Waals surface area contributed by atoms with Gasteiger partial charge in [-0.3, -0.25) is 4.99 Å². The van der Waals surface area contributed by atoms with E-state index in [-0.39, 0.29) is 36.0 Å². The van der Waals surface area contributed by atoms with Gasteiger partial charge in [0.2, 0.25) is 0 Å². The minimum absolute atomic E-state index is 0. The van der Waals surface area contributed by atoms with Crippen LogP contribution in [-0.2, 0) is 4.74 Å². The zero-order valence-corrected chi connectivity index (χ0v) is 19.6. The zero-order chi connectivity index (χ0) is 19.1. The van der Waals surface area contributed by atoms with E-state index in [2.05, 4.69) is 54.4 Å². The van der Waals surface area contributed by atoms with Crippen molar-refractivity contribution < 1.29 is 9.84 Å². The summed E-state index contributed by atoms with van der Waals surface area (Å²) in [6.45, 7) is 9.67. The van der Waals surface area contributed by atoms with Gasteiger partial charge in [0.05, 0.1) is 13.2 Å². The van der Waals surface area contributed by atoms with Crippen LogP contribution in [0.3, 0.4) is 0 Å². The third-order valence-electron chi connectivity index (χ3n) is 6.22. The predicted octanol–water partition coefficient (Wildman–Crippen LogP) is 3.48. The Morgan fingerprint density at radius 1 is 1.29 bits per heavy atom. The zero-order valence-electron chi connectivity index (χ0n) is 17.3. The molecule has 2 fully saturated rings. The molecule has 28 heavy (non-hydrogen) atoms. The molecule has 0 bridgehead atoms. The fourth-order valence-electron chi connectivity index (χ4n) is 4.37. The fraction of sp³-hybridized carbons (Fsp3) is 0.682. The molecule has 2 heterocycles. The lowest BCUT2D eigenvalue weighted by Gasteiger charge is -2.40. The lowest BCUT2D eigenvalue weighted by molar-refractivity contribution is -0.0107. The molecule has 3 rings (SSSR count).